The minimum Gasteiger partial charge on any atom is -0.323 e. The second kappa shape index (κ2) is 6.27. The van der Waals surface area contributed by atoms with Gasteiger partial charge < -0.3 is 10.7 Å². The summed E-state index contributed by atoms with van der Waals surface area (Å²) < 4.78 is 0. The summed E-state index contributed by atoms with van der Waals surface area (Å²) in [5, 5.41) is 11.8. The van der Waals surface area contributed by atoms with E-state index < -0.39 is 0 Å². The Morgan fingerprint density at radius 1 is 1.29 bits per heavy atom. The van der Waals surface area contributed by atoms with Crippen LogP contribution >= 0.6 is 11.6 Å². The Labute approximate surface area is 127 Å². The first-order valence-electron chi connectivity index (χ1n) is 6.13. The lowest BCUT2D eigenvalue weighted by Crippen LogP contribution is -2.17. The predicted molar refractivity (Wildman–Crippen MR) is 83.1 cm³/mol. The standard InChI is InChI=1S/C15H13ClN4O/c1-9-2-5-14(20-18)12(6-9)15(21)19-11-4-3-10(8-17)13(16)7-11/h2-7,20H,18H2,1H3,(H,19,21). The highest BCUT2D eigenvalue weighted by Gasteiger charge is 2.12. The predicted octanol–water partition coefficient (Wildman–Crippen LogP) is 3.06. The zero-order valence-electron chi connectivity index (χ0n) is 11.3. The van der Waals surface area contributed by atoms with Crippen LogP contribution in [0.2, 0.25) is 5.02 Å². The van der Waals surface area contributed by atoms with Gasteiger partial charge in [-0.2, -0.15) is 5.26 Å². The van der Waals surface area contributed by atoms with E-state index in [-0.39, 0.29) is 10.9 Å². The summed E-state index contributed by atoms with van der Waals surface area (Å²) in [4.78, 5) is 12.3. The van der Waals surface area contributed by atoms with E-state index in [1.54, 1.807) is 24.3 Å². The quantitative estimate of drug-likeness (QED) is 0.600. The highest BCUT2D eigenvalue weighted by atomic mass is 35.5. The number of carbonyl (C=O) groups excluding carboxylic acids is 1. The number of halogens is 1. The molecule has 0 aliphatic rings. The molecule has 0 radical (unpaired) electrons. The van der Waals surface area contributed by atoms with Gasteiger partial charge in [-0.15, -0.1) is 0 Å². The van der Waals surface area contributed by atoms with Gasteiger partial charge in [0.05, 0.1) is 21.8 Å². The first kappa shape index (κ1) is 14.9. The normalized spacial score (nSPS) is 9.81. The number of anilines is 2. The Morgan fingerprint density at radius 2 is 2.05 bits per heavy atom. The highest BCUT2D eigenvalue weighted by Crippen LogP contribution is 2.22. The van der Waals surface area contributed by atoms with Crippen LogP contribution < -0.4 is 16.6 Å². The number of nitrogen functional groups attached to an aromatic ring is 1. The topological polar surface area (TPSA) is 90.9 Å². The van der Waals surface area contributed by atoms with Crippen molar-refractivity contribution in [1.82, 2.24) is 0 Å². The van der Waals surface area contributed by atoms with Crippen LogP contribution in [0, 0.1) is 18.3 Å². The third kappa shape index (κ3) is 3.31. The number of nitrogens with one attached hydrogen (secondary N) is 2. The SMILES string of the molecule is Cc1ccc(NN)c(C(=O)Nc2ccc(C#N)c(Cl)c2)c1. The Bertz CT molecular complexity index is 737. The molecule has 0 unspecified atom stereocenters. The van der Waals surface area contributed by atoms with E-state index in [2.05, 4.69) is 10.7 Å². The molecule has 0 saturated heterocycles. The summed E-state index contributed by atoms with van der Waals surface area (Å²) in [6.45, 7) is 1.88. The minimum atomic E-state index is -0.313. The van der Waals surface area contributed by atoms with Gasteiger partial charge in [0.15, 0.2) is 0 Å². The van der Waals surface area contributed by atoms with E-state index in [0.717, 1.165) is 5.56 Å². The van der Waals surface area contributed by atoms with Crippen molar-refractivity contribution in [3.63, 3.8) is 0 Å². The summed E-state index contributed by atoms with van der Waals surface area (Å²) in [7, 11) is 0. The van der Waals surface area contributed by atoms with Crippen molar-refractivity contribution in [3.05, 3.63) is 58.1 Å². The number of nitriles is 1. The van der Waals surface area contributed by atoms with Crippen LogP contribution in [-0.2, 0) is 0 Å². The monoisotopic (exact) mass is 300 g/mol. The molecular weight excluding hydrogens is 288 g/mol. The molecule has 0 aliphatic heterocycles. The fourth-order valence-corrected chi connectivity index (χ4v) is 2.08. The van der Waals surface area contributed by atoms with Crippen LogP contribution in [0.25, 0.3) is 0 Å². The lowest BCUT2D eigenvalue weighted by Gasteiger charge is -2.11. The number of amides is 1. The molecule has 2 aromatic rings. The molecule has 106 valence electrons. The number of nitrogens with zero attached hydrogens (tertiary/aromatic N) is 1. The summed E-state index contributed by atoms with van der Waals surface area (Å²) in [5.74, 6) is 5.09. The van der Waals surface area contributed by atoms with Gasteiger partial charge >= 0.3 is 0 Å². The lowest BCUT2D eigenvalue weighted by molar-refractivity contribution is 0.102. The number of nitrogens with two attached hydrogens (primary N) is 1. The molecule has 4 N–H and O–H groups in total. The van der Waals surface area contributed by atoms with Crippen molar-refractivity contribution < 1.29 is 4.79 Å². The van der Waals surface area contributed by atoms with Crippen LogP contribution in [0.15, 0.2) is 36.4 Å². The summed E-state index contributed by atoms with van der Waals surface area (Å²) in [6.07, 6.45) is 0. The molecule has 6 heteroatoms. The third-order valence-corrected chi connectivity index (χ3v) is 3.24. The number of hydrogen-bond acceptors (Lipinski definition) is 4. The van der Waals surface area contributed by atoms with Crippen molar-refractivity contribution in [2.75, 3.05) is 10.7 Å². The molecule has 21 heavy (non-hydrogen) atoms. The number of hydrogen-bond donors (Lipinski definition) is 3. The lowest BCUT2D eigenvalue weighted by atomic mass is 10.1. The smallest absolute Gasteiger partial charge is 0.257 e. The molecule has 0 fully saturated rings. The van der Waals surface area contributed by atoms with Crippen LogP contribution in [0.4, 0.5) is 11.4 Å². The average Bonchev–Trinajstić information content (AvgIpc) is 2.47. The molecule has 2 rings (SSSR count). The number of carbonyl (C=O) groups is 1. The van der Waals surface area contributed by atoms with Crippen molar-refractivity contribution in [2.24, 2.45) is 5.84 Å². The maximum Gasteiger partial charge on any atom is 0.257 e. The van der Waals surface area contributed by atoms with E-state index in [1.807, 2.05) is 19.1 Å². The number of hydrazine groups is 1. The van der Waals surface area contributed by atoms with Gasteiger partial charge in [0, 0.05) is 5.69 Å². The Hall–Kier alpha value is -2.55. The Kier molecular flexibility index (Phi) is 4.43. The zero-order valence-corrected chi connectivity index (χ0v) is 12.0. The van der Waals surface area contributed by atoms with Crippen LogP contribution in [0.5, 0.6) is 0 Å². The summed E-state index contributed by atoms with van der Waals surface area (Å²) >= 11 is 5.94. The molecule has 5 nitrogen and oxygen atoms in total. The molecule has 1 amide bonds. The molecule has 2 aromatic carbocycles. The van der Waals surface area contributed by atoms with E-state index in [0.29, 0.717) is 22.5 Å². The maximum absolute atomic E-state index is 12.3. The Balaban J connectivity index is 2.28. The van der Waals surface area contributed by atoms with Crippen molar-refractivity contribution in [2.45, 2.75) is 6.92 Å². The van der Waals surface area contributed by atoms with Gasteiger partial charge in [-0.25, -0.2) is 0 Å². The van der Waals surface area contributed by atoms with Gasteiger partial charge in [0.25, 0.3) is 5.91 Å². The molecule has 0 aliphatic carbocycles. The van der Waals surface area contributed by atoms with Gasteiger partial charge in [-0.05, 0) is 37.3 Å². The third-order valence-electron chi connectivity index (χ3n) is 2.92. The highest BCUT2D eigenvalue weighted by molar-refractivity contribution is 6.32. The average molecular weight is 301 g/mol. The number of rotatable bonds is 3. The molecule has 0 aromatic heterocycles. The summed E-state index contributed by atoms with van der Waals surface area (Å²) in [5.41, 5.74) is 5.25. The fraction of sp³-hybridized carbons (Fsp3) is 0.0667. The second-order valence-corrected chi connectivity index (χ2v) is 4.86. The number of benzene rings is 2. The zero-order chi connectivity index (χ0) is 15.4. The Morgan fingerprint density at radius 3 is 2.67 bits per heavy atom. The molecule has 0 saturated carbocycles. The second-order valence-electron chi connectivity index (χ2n) is 4.45. The van der Waals surface area contributed by atoms with Crippen LogP contribution in [0.1, 0.15) is 21.5 Å². The van der Waals surface area contributed by atoms with Crippen molar-refractivity contribution in [1.29, 1.82) is 5.26 Å². The largest absolute Gasteiger partial charge is 0.323 e. The maximum atomic E-state index is 12.3. The van der Waals surface area contributed by atoms with Crippen molar-refractivity contribution in [3.8, 4) is 6.07 Å². The molecule has 0 spiro atoms. The van der Waals surface area contributed by atoms with E-state index in [1.165, 1.54) is 6.07 Å². The van der Waals surface area contributed by atoms with Crippen LogP contribution in [0.3, 0.4) is 0 Å². The van der Waals surface area contributed by atoms with E-state index in [9.17, 15) is 4.79 Å². The van der Waals surface area contributed by atoms with Gasteiger partial charge in [0.2, 0.25) is 0 Å². The van der Waals surface area contributed by atoms with E-state index >= 15 is 0 Å². The van der Waals surface area contributed by atoms with Gasteiger partial charge in [-0.1, -0.05) is 23.2 Å². The van der Waals surface area contributed by atoms with Crippen LogP contribution in [-0.4, -0.2) is 5.91 Å². The van der Waals surface area contributed by atoms with E-state index in [4.69, 9.17) is 22.7 Å². The fourth-order valence-electron chi connectivity index (χ4n) is 1.85. The first-order chi connectivity index (χ1) is 10.0. The molecule has 0 bridgehead atoms. The minimum absolute atomic E-state index is 0.289. The first-order valence-corrected chi connectivity index (χ1v) is 6.51. The molecular formula is C15H13ClN4O. The number of aryl methyl sites for hydroxylation is 1. The van der Waals surface area contributed by atoms with Gasteiger partial charge in [-0.3, -0.25) is 10.6 Å². The molecule has 0 heterocycles. The van der Waals surface area contributed by atoms with Gasteiger partial charge in [0.1, 0.15) is 6.07 Å². The summed E-state index contributed by atoms with van der Waals surface area (Å²) in [6, 6.07) is 12.0. The van der Waals surface area contributed by atoms with Crippen molar-refractivity contribution >= 4 is 28.9 Å². The molecule has 0 atom stereocenters.